The zero-order chi connectivity index (χ0) is 19.5. The van der Waals surface area contributed by atoms with Crippen molar-refractivity contribution in [2.24, 2.45) is 0 Å². The average Bonchev–Trinajstić information content (AvgIpc) is 2.68. The third-order valence-corrected chi connectivity index (χ3v) is 3.72. The summed E-state index contributed by atoms with van der Waals surface area (Å²) in [5.74, 6) is 0.131. The summed E-state index contributed by atoms with van der Waals surface area (Å²) in [6, 6.07) is 14.2. The zero-order valence-corrected chi connectivity index (χ0v) is 15.7. The minimum Gasteiger partial charge on any atom is -0.494 e. The van der Waals surface area contributed by atoms with E-state index in [1.165, 1.54) is 6.08 Å². The van der Waals surface area contributed by atoms with Crippen LogP contribution in [0.1, 0.15) is 42.6 Å². The lowest BCUT2D eigenvalue weighted by molar-refractivity contribution is -0.111. The highest BCUT2D eigenvalue weighted by atomic mass is 16.5. The van der Waals surface area contributed by atoms with Crippen LogP contribution in [0.4, 0.5) is 5.69 Å². The van der Waals surface area contributed by atoms with Gasteiger partial charge in [0, 0.05) is 11.8 Å². The maximum Gasteiger partial charge on any atom is 0.338 e. The van der Waals surface area contributed by atoms with Crippen LogP contribution in [0.15, 0.2) is 54.6 Å². The number of ether oxygens (including phenoxy) is 2. The average molecular weight is 367 g/mol. The molecule has 0 radical (unpaired) electrons. The molecule has 0 aliphatic carbocycles. The van der Waals surface area contributed by atoms with Crippen LogP contribution in [0.25, 0.3) is 6.08 Å². The third-order valence-electron chi connectivity index (χ3n) is 3.72. The Hall–Kier alpha value is -3.08. The number of anilines is 1. The van der Waals surface area contributed by atoms with Crippen molar-refractivity contribution in [2.45, 2.75) is 26.7 Å². The van der Waals surface area contributed by atoms with Gasteiger partial charge in [-0.2, -0.15) is 0 Å². The molecular formula is C22H25NO4. The lowest BCUT2D eigenvalue weighted by Gasteiger charge is -2.06. The second-order valence-corrected chi connectivity index (χ2v) is 5.89. The fourth-order valence-corrected chi connectivity index (χ4v) is 2.31. The first-order valence-electron chi connectivity index (χ1n) is 9.11. The smallest absolute Gasteiger partial charge is 0.338 e. The van der Waals surface area contributed by atoms with Gasteiger partial charge in [-0.15, -0.1) is 0 Å². The number of hydrogen-bond donors (Lipinski definition) is 1. The van der Waals surface area contributed by atoms with Crippen molar-refractivity contribution >= 4 is 23.6 Å². The van der Waals surface area contributed by atoms with E-state index < -0.39 is 0 Å². The lowest BCUT2D eigenvalue weighted by Crippen LogP contribution is -2.10. The predicted molar refractivity (Wildman–Crippen MR) is 107 cm³/mol. The molecule has 5 heteroatoms. The van der Waals surface area contributed by atoms with Crippen molar-refractivity contribution < 1.29 is 19.1 Å². The Morgan fingerprint density at radius 3 is 2.56 bits per heavy atom. The Bertz CT molecular complexity index is 781. The SMILES string of the molecule is CCCCOC(=O)c1cccc(NC(=O)/C=C/c2ccc(OCC)cc2)c1. The van der Waals surface area contributed by atoms with Gasteiger partial charge in [0.1, 0.15) is 5.75 Å². The summed E-state index contributed by atoms with van der Waals surface area (Å²) >= 11 is 0. The number of amides is 1. The number of esters is 1. The first-order valence-corrected chi connectivity index (χ1v) is 9.11. The van der Waals surface area contributed by atoms with Gasteiger partial charge in [-0.05, 0) is 55.3 Å². The summed E-state index contributed by atoms with van der Waals surface area (Å²) in [5, 5.41) is 2.75. The van der Waals surface area contributed by atoms with Crippen molar-refractivity contribution in [3.05, 3.63) is 65.7 Å². The van der Waals surface area contributed by atoms with E-state index in [4.69, 9.17) is 9.47 Å². The minimum absolute atomic E-state index is 0.277. The zero-order valence-electron chi connectivity index (χ0n) is 15.7. The van der Waals surface area contributed by atoms with Gasteiger partial charge in [0.2, 0.25) is 5.91 Å². The highest BCUT2D eigenvalue weighted by molar-refractivity contribution is 6.02. The van der Waals surface area contributed by atoms with Crippen LogP contribution < -0.4 is 10.1 Å². The molecule has 0 fully saturated rings. The Morgan fingerprint density at radius 1 is 1.07 bits per heavy atom. The topological polar surface area (TPSA) is 64.6 Å². The first kappa shape index (κ1) is 20.2. The van der Waals surface area contributed by atoms with E-state index in [2.05, 4.69) is 5.32 Å². The molecule has 0 unspecified atom stereocenters. The van der Waals surface area contributed by atoms with E-state index in [9.17, 15) is 9.59 Å². The van der Waals surface area contributed by atoms with Crippen LogP contribution in [0.5, 0.6) is 5.75 Å². The highest BCUT2D eigenvalue weighted by Crippen LogP contribution is 2.14. The molecule has 2 aromatic rings. The van der Waals surface area contributed by atoms with E-state index in [-0.39, 0.29) is 11.9 Å². The summed E-state index contributed by atoms with van der Waals surface area (Å²) in [6.07, 6.45) is 4.96. The number of benzene rings is 2. The molecule has 1 amide bonds. The van der Waals surface area contributed by atoms with E-state index in [1.54, 1.807) is 30.3 Å². The molecular weight excluding hydrogens is 342 g/mol. The summed E-state index contributed by atoms with van der Waals surface area (Å²) in [7, 11) is 0. The largest absolute Gasteiger partial charge is 0.494 e. The van der Waals surface area contributed by atoms with Gasteiger partial charge in [0.05, 0.1) is 18.8 Å². The van der Waals surface area contributed by atoms with Gasteiger partial charge in [0.25, 0.3) is 0 Å². The predicted octanol–water partition coefficient (Wildman–Crippen LogP) is 4.69. The van der Waals surface area contributed by atoms with Gasteiger partial charge in [-0.3, -0.25) is 4.79 Å². The van der Waals surface area contributed by atoms with Crippen molar-refractivity contribution in [1.29, 1.82) is 0 Å². The van der Waals surface area contributed by atoms with Gasteiger partial charge in [0.15, 0.2) is 0 Å². The van der Waals surface area contributed by atoms with E-state index in [0.29, 0.717) is 24.5 Å². The molecule has 142 valence electrons. The number of carbonyl (C=O) groups is 2. The molecule has 0 bridgehead atoms. The number of unbranched alkanes of at least 4 members (excludes halogenated alkanes) is 1. The van der Waals surface area contributed by atoms with Gasteiger partial charge >= 0.3 is 5.97 Å². The van der Waals surface area contributed by atoms with Crippen LogP contribution in [0.3, 0.4) is 0 Å². The third kappa shape index (κ3) is 6.98. The number of rotatable bonds is 9. The van der Waals surface area contributed by atoms with E-state index >= 15 is 0 Å². The van der Waals surface area contributed by atoms with Crippen molar-refractivity contribution in [2.75, 3.05) is 18.5 Å². The Morgan fingerprint density at radius 2 is 1.85 bits per heavy atom. The molecule has 0 aliphatic heterocycles. The molecule has 0 atom stereocenters. The van der Waals surface area contributed by atoms with Crippen molar-refractivity contribution in [3.63, 3.8) is 0 Å². The van der Waals surface area contributed by atoms with Crippen molar-refractivity contribution in [3.8, 4) is 5.75 Å². The minimum atomic E-state index is -0.385. The molecule has 0 aromatic heterocycles. The van der Waals surface area contributed by atoms with E-state index in [0.717, 1.165) is 24.2 Å². The summed E-state index contributed by atoms with van der Waals surface area (Å²) in [5.41, 5.74) is 1.85. The molecule has 27 heavy (non-hydrogen) atoms. The normalized spacial score (nSPS) is 10.6. The molecule has 0 aliphatic rings. The molecule has 0 saturated carbocycles. The first-order chi connectivity index (χ1) is 13.1. The quantitative estimate of drug-likeness (QED) is 0.397. The lowest BCUT2D eigenvalue weighted by atomic mass is 10.2. The van der Waals surface area contributed by atoms with Crippen LogP contribution in [-0.4, -0.2) is 25.1 Å². The van der Waals surface area contributed by atoms with Gasteiger partial charge < -0.3 is 14.8 Å². The fraction of sp³-hybridized carbons (Fsp3) is 0.273. The molecule has 0 spiro atoms. The molecule has 2 aromatic carbocycles. The molecule has 0 heterocycles. The fourth-order valence-electron chi connectivity index (χ4n) is 2.31. The molecule has 5 nitrogen and oxygen atoms in total. The second kappa shape index (κ2) is 10.8. The Kier molecular flexibility index (Phi) is 8.10. The van der Waals surface area contributed by atoms with Crippen LogP contribution >= 0.6 is 0 Å². The Labute approximate surface area is 160 Å². The number of carbonyl (C=O) groups excluding carboxylic acids is 2. The van der Waals surface area contributed by atoms with Gasteiger partial charge in [-0.25, -0.2) is 4.79 Å². The molecule has 2 rings (SSSR count). The standard InChI is InChI=1S/C22H25NO4/c1-3-5-15-27-22(25)18-7-6-8-19(16-18)23-21(24)14-11-17-9-12-20(13-10-17)26-4-2/h6-14,16H,3-5,15H2,1-2H3,(H,23,24)/b14-11+. The van der Waals surface area contributed by atoms with Crippen LogP contribution in [0.2, 0.25) is 0 Å². The molecule has 0 saturated heterocycles. The molecule has 1 N–H and O–H groups in total. The highest BCUT2D eigenvalue weighted by Gasteiger charge is 2.08. The maximum absolute atomic E-state index is 12.1. The van der Waals surface area contributed by atoms with Gasteiger partial charge in [-0.1, -0.05) is 31.5 Å². The summed E-state index contributed by atoms with van der Waals surface area (Å²) in [6.45, 7) is 4.97. The van der Waals surface area contributed by atoms with Crippen LogP contribution in [0, 0.1) is 0 Å². The summed E-state index contributed by atoms with van der Waals surface area (Å²) < 4.78 is 10.6. The second-order valence-electron chi connectivity index (χ2n) is 5.89. The Balaban J connectivity index is 1.93. The monoisotopic (exact) mass is 367 g/mol. The number of nitrogens with one attached hydrogen (secondary N) is 1. The van der Waals surface area contributed by atoms with E-state index in [1.807, 2.05) is 38.1 Å². The number of hydrogen-bond acceptors (Lipinski definition) is 4. The summed E-state index contributed by atoms with van der Waals surface area (Å²) in [4.78, 5) is 24.1. The van der Waals surface area contributed by atoms with Crippen molar-refractivity contribution in [1.82, 2.24) is 0 Å². The maximum atomic E-state index is 12.1. The van der Waals surface area contributed by atoms with Crippen LogP contribution in [-0.2, 0) is 9.53 Å².